The van der Waals surface area contributed by atoms with Crippen molar-refractivity contribution in [3.63, 3.8) is 0 Å². The Kier molecular flexibility index (Phi) is 13.5. The molecule has 0 bridgehead atoms. The summed E-state index contributed by atoms with van der Waals surface area (Å²) < 4.78 is 25.6. The van der Waals surface area contributed by atoms with Crippen molar-refractivity contribution in [3.8, 4) is 5.75 Å². The number of ether oxygens (including phenoxy) is 2. The summed E-state index contributed by atoms with van der Waals surface area (Å²) in [4.78, 5) is 10.6. The van der Waals surface area contributed by atoms with Gasteiger partial charge in [-0.3, -0.25) is 14.9 Å². The van der Waals surface area contributed by atoms with Crippen LogP contribution in [0.2, 0.25) is 0 Å². The number of para-hydroxylation sites is 1. The highest BCUT2D eigenvalue weighted by Gasteiger charge is 2.34. The van der Waals surface area contributed by atoms with E-state index in [0.29, 0.717) is 6.61 Å². The van der Waals surface area contributed by atoms with E-state index in [0.717, 1.165) is 74.3 Å². The molecule has 6 heteroatoms. The number of benzene rings is 2. The molecule has 0 radical (unpaired) electrons. The molecule has 0 amide bonds. The molecule has 0 spiro atoms. The smallest absolute Gasteiger partial charge is 0.126 e. The van der Waals surface area contributed by atoms with Crippen molar-refractivity contribution in [3.05, 3.63) is 77.9 Å². The molecule has 1 heterocycles. The van der Waals surface area contributed by atoms with Gasteiger partial charge in [-0.15, -0.1) is 0 Å². The van der Waals surface area contributed by atoms with Crippen molar-refractivity contribution in [2.45, 2.75) is 72.3 Å². The first-order valence-corrected chi connectivity index (χ1v) is 13.9. The van der Waals surface area contributed by atoms with Gasteiger partial charge in [0.05, 0.1) is 12.2 Å². The maximum atomic E-state index is 14.3. The maximum absolute atomic E-state index is 14.3. The first-order chi connectivity index (χ1) is 18.6. The Hall–Kier alpha value is -2.83. The summed E-state index contributed by atoms with van der Waals surface area (Å²) in [5.74, 6) is 0.825. The molecule has 1 aliphatic rings. The van der Waals surface area contributed by atoms with Crippen molar-refractivity contribution >= 4 is 12.4 Å². The van der Waals surface area contributed by atoms with Crippen LogP contribution in [0.15, 0.2) is 70.9 Å². The maximum Gasteiger partial charge on any atom is 0.126 e. The second kappa shape index (κ2) is 16.3. The lowest BCUT2D eigenvalue weighted by molar-refractivity contribution is 0.0397. The number of hydrogen-bond acceptors (Lipinski definition) is 5. The van der Waals surface area contributed by atoms with E-state index in [1.54, 1.807) is 31.6 Å². The molecule has 1 fully saturated rings. The van der Waals surface area contributed by atoms with E-state index in [1.165, 1.54) is 0 Å². The molecule has 0 saturated carbocycles. The summed E-state index contributed by atoms with van der Waals surface area (Å²) in [6.07, 6.45) is 8.10. The molecule has 0 aliphatic carbocycles. The third-order valence-electron chi connectivity index (χ3n) is 7.18. The predicted molar refractivity (Wildman–Crippen MR) is 163 cm³/mol. The van der Waals surface area contributed by atoms with Crippen molar-refractivity contribution in [2.24, 2.45) is 15.4 Å². The SMILES string of the molecule is C=N/C=C\N=C(C)CN1CCCC(CCc2ccccc2F)(COc2ccccc2C)CC1.COC(C)(C)C. The molecule has 0 aromatic heterocycles. The Morgan fingerprint density at radius 1 is 1.08 bits per heavy atom. The summed E-state index contributed by atoms with van der Waals surface area (Å²) in [6, 6.07) is 15.3. The number of aryl methyl sites for hydroxylation is 2. The molecule has 1 aliphatic heterocycles. The third-order valence-corrected chi connectivity index (χ3v) is 7.18. The first-order valence-electron chi connectivity index (χ1n) is 13.9. The zero-order valence-electron chi connectivity index (χ0n) is 24.9. The molecule has 2 aromatic rings. The fourth-order valence-electron chi connectivity index (χ4n) is 4.56. The van der Waals surface area contributed by atoms with Gasteiger partial charge >= 0.3 is 0 Å². The van der Waals surface area contributed by atoms with Gasteiger partial charge in [0.2, 0.25) is 0 Å². The van der Waals surface area contributed by atoms with E-state index in [-0.39, 0.29) is 16.8 Å². The third kappa shape index (κ3) is 12.3. The molecule has 5 nitrogen and oxygen atoms in total. The fraction of sp³-hybridized carbons (Fsp3) is 0.515. The Labute approximate surface area is 235 Å². The summed E-state index contributed by atoms with van der Waals surface area (Å²) in [5, 5.41) is 0. The van der Waals surface area contributed by atoms with Gasteiger partial charge in [-0.1, -0.05) is 36.4 Å². The van der Waals surface area contributed by atoms with Crippen LogP contribution in [0.4, 0.5) is 4.39 Å². The lowest BCUT2D eigenvalue weighted by atomic mass is 9.76. The van der Waals surface area contributed by atoms with Crippen LogP contribution >= 0.6 is 0 Å². The van der Waals surface area contributed by atoms with Gasteiger partial charge in [0.15, 0.2) is 0 Å². The van der Waals surface area contributed by atoms with Gasteiger partial charge < -0.3 is 9.47 Å². The highest BCUT2D eigenvalue weighted by atomic mass is 19.1. The Bertz CT molecular complexity index is 1030. The Balaban J connectivity index is 0.000000798. The van der Waals surface area contributed by atoms with Crippen LogP contribution in [0, 0.1) is 18.2 Å². The first kappa shape index (κ1) is 32.4. The van der Waals surface area contributed by atoms with Crippen LogP contribution in [0.25, 0.3) is 0 Å². The normalized spacial score (nSPS) is 18.8. The minimum atomic E-state index is -0.114. The largest absolute Gasteiger partial charge is 0.493 e. The van der Waals surface area contributed by atoms with Crippen LogP contribution < -0.4 is 4.74 Å². The predicted octanol–water partition coefficient (Wildman–Crippen LogP) is 7.68. The molecule has 0 N–H and O–H groups in total. The molecule has 1 atom stereocenters. The highest BCUT2D eigenvalue weighted by Crippen LogP contribution is 2.37. The van der Waals surface area contributed by atoms with E-state index in [4.69, 9.17) is 9.47 Å². The highest BCUT2D eigenvalue weighted by molar-refractivity contribution is 5.84. The van der Waals surface area contributed by atoms with E-state index in [2.05, 4.69) is 34.6 Å². The number of aliphatic imine (C=N–C) groups is 2. The van der Waals surface area contributed by atoms with Crippen molar-refractivity contribution in [1.82, 2.24) is 4.90 Å². The Morgan fingerprint density at radius 2 is 1.77 bits per heavy atom. The van der Waals surface area contributed by atoms with E-state index >= 15 is 0 Å². The van der Waals surface area contributed by atoms with Crippen LogP contribution in [0.5, 0.6) is 5.75 Å². The topological polar surface area (TPSA) is 46.4 Å². The lowest BCUT2D eigenvalue weighted by Gasteiger charge is -2.33. The summed E-state index contributed by atoms with van der Waals surface area (Å²) >= 11 is 0. The van der Waals surface area contributed by atoms with E-state index in [1.807, 2.05) is 58.0 Å². The molecule has 3 rings (SSSR count). The lowest BCUT2D eigenvalue weighted by Crippen LogP contribution is -2.33. The number of halogens is 1. The minimum Gasteiger partial charge on any atom is -0.493 e. The number of hydrogen-bond donors (Lipinski definition) is 0. The molecular formula is C33H48FN3O2. The van der Waals surface area contributed by atoms with Crippen LogP contribution in [0.1, 0.15) is 64.5 Å². The molecule has 1 unspecified atom stereocenters. The van der Waals surface area contributed by atoms with Crippen molar-refractivity contribution in [2.75, 3.05) is 33.4 Å². The van der Waals surface area contributed by atoms with Gasteiger partial charge in [0.1, 0.15) is 11.6 Å². The minimum absolute atomic E-state index is 0.0109. The summed E-state index contributed by atoms with van der Waals surface area (Å²) in [5.41, 5.74) is 3.05. The van der Waals surface area contributed by atoms with E-state index < -0.39 is 0 Å². The second-order valence-corrected chi connectivity index (χ2v) is 11.4. The molecular weight excluding hydrogens is 489 g/mol. The summed E-state index contributed by atoms with van der Waals surface area (Å²) in [6.45, 7) is 17.1. The number of rotatable bonds is 10. The standard InChI is InChI=1S/C28H36FN3O.C5H12O/c1-23-9-4-7-12-27(23)33-22-28(15-13-25-10-5-6-11-26(25)29)14-8-19-32(20-16-28)21-24(2)31-18-17-30-3;1-5(2,3)6-4/h4-7,9-12,17-18H,3,8,13-16,19-22H2,1-2H3;1-4H3/b18-17-,31-24?;. The number of methoxy groups -OCH3 is 1. The van der Waals surface area contributed by atoms with Crippen LogP contribution in [-0.4, -0.2) is 56.3 Å². The monoisotopic (exact) mass is 537 g/mol. The average molecular weight is 538 g/mol. The average Bonchev–Trinajstić information content (AvgIpc) is 3.10. The molecule has 214 valence electrons. The second-order valence-electron chi connectivity index (χ2n) is 11.4. The zero-order valence-corrected chi connectivity index (χ0v) is 24.9. The van der Waals surface area contributed by atoms with E-state index in [9.17, 15) is 4.39 Å². The van der Waals surface area contributed by atoms with Gasteiger partial charge in [-0.05, 0) is 110 Å². The zero-order chi connectivity index (χ0) is 28.7. The molecule has 39 heavy (non-hydrogen) atoms. The van der Waals surface area contributed by atoms with Gasteiger partial charge in [-0.25, -0.2) is 4.39 Å². The van der Waals surface area contributed by atoms with Crippen LogP contribution in [-0.2, 0) is 11.2 Å². The molecule has 1 saturated heterocycles. The Morgan fingerprint density at radius 3 is 2.44 bits per heavy atom. The fourth-order valence-corrected chi connectivity index (χ4v) is 4.56. The quantitative estimate of drug-likeness (QED) is 0.292. The van der Waals surface area contributed by atoms with Crippen molar-refractivity contribution < 1.29 is 13.9 Å². The number of likely N-dealkylation sites (tertiary alicyclic amines) is 1. The van der Waals surface area contributed by atoms with Gasteiger partial charge in [0, 0.05) is 37.2 Å². The summed E-state index contributed by atoms with van der Waals surface area (Å²) in [7, 11) is 1.71. The van der Waals surface area contributed by atoms with Crippen molar-refractivity contribution in [1.29, 1.82) is 0 Å². The van der Waals surface area contributed by atoms with Crippen LogP contribution in [0.3, 0.4) is 0 Å². The van der Waals surface area contributed by atoms with Gasteiger partial charge in [-0.2, -0.15) is 0 Å². The molecule has 2 aromatic carbocycles. The number of nitrogens with zero attached hydrogens (tertiary/aromatic N) is 3. The van der Waals surface area contributed by atoms with Gasteiger partial charge in [0.25, 0.3) is 0 Å².